The summed E-state index contributed by atoms with van der Waals surface area (Å²) in [6, 6.07) is -0.772. The lowest BCUT2D eigenvalue weighted by Gasteiger charge is -2.25. The highest BCUT2D eigenvalue weighted by molar-refractivity contribution is 7.47. The number of carbonyl (C=O) groups is 1. The van der Waals surface area contributed by atoms with Crippen molar-refractivity contribution in [3.05, 3.63) is 12.2 Å². The highest BCUT2D eigenvalue weighted by Gasteiger charge is 2.27. The van der Waals surface area contributed by atoms with Crippen molar-refractivity contribution in [1.82, 2.24) is 5.32 Å². The van der Waals surface area contributed by atoms with Gasteiger partial charge in [0.25, 0.3) is 0 Å². The molecular weight excluding hydrogens is 659 g/mol. The van der Waals surface area contributed by atoms with Crippen molar-refractivity contribution < 1.29 is 28.4 Å². The number of hydrogen-bond acceptors (Lipinski definition) is 6. The van der Waals surface area contributed by atoms with E-state index in [1.54, 1.807) is 0 Å². The van der Waals surface area contributed by atoms with Crippen molar-refractivity contribution in [2.24, 2.45) is 5.73 Å². The van der Waals surface area contributed by atoms with Gasteiger partial charge in [-0.3, -0.25) is 13.8 Å². The fraction of sp³-hybridized carbons (Fsp3) is 0.929. The van der Waals surface area contributed by atoms with Gasteiger partial charge in [-0.2, -0.15) is 0 Å². The standard InChI is InChI=1S/C42H85N2O6P/c1-3-5-7-9-11-13-15-17-19-20-22-24-26-28-30-32-34-36-42(46)44-40(39-50-51(47,48)49-38-37-43)41(45)35-33-31-29-27-25-23-21-18-16-14-12-10-8-6-4-2/h17,19,40-41,45H,3-16,18,20-39,43H2,1-2H3,(H,44,46)(H,47,48)/b19-17-. The highest BCUT2D eigenvalue weighted by Crippen LogP contribution is 2.43. The number of nitrogens with one attached hydrogen (secondary N) is 1. The quantitative estimate of drug-likeness (QED) is 0.0278. The Morgan fingerprint density at radius 1 is 0.627 bits per heavy atom. The molecule has 1 amide bonds. The summed E-state index contributed by atoms with van der Waals surface area (Å²) >= 11 is 0. The zero-order chi connectivity index (χ0) is 37.5. The number of carbonyl (C=O) groups excluding carboxylic acids is 1. The van der Waals surface area contributed by atoms with E-state index in [-0.39, 0.29) is 25.7 Å². The van der Waals surface area contributed by atoms with E-state index in [1.807, 2.05) is 0 Å². The molecule has 0 aromatic carbocycles. The largest absolute Gasteiger partial charge is 0.472 e. The molecule has 0 aromatic rings. The second-order valence-electron chi connectivity index (χ2n) is 14.9. The Hall–Kier alpha value is -0.760. The Labute approximate surface area is 315 Å². The monoisotopic (exact) mass is 745 g/mol. The van der Waals surface area contributed by atoms with Crippen LogP contribution in [0.25, 0.3) is 0 Å². The summed E-state index contributed by atoms with van der Waals surface area (Å²) in [5.74, 6) is -0.164. The van der Waals surface area contributed by atoms with E-state index in [0.717, 1.165) is 38.5 Å². The Bertz CT molecular complexity index is 814. The number of aliphatic hydroxyl groups excluding tert-OH is 1. The molecule has 0 aliphatic rings. The summed E-state index contributed by atoms with van der Waals surface area (Å²) in [7, 11) is -4.31. The van der Waals surface area contributed by atoms with E-state index in [9.17, 15) is 19.4 Å². The predicted molar refractivity (Wildman–Crippen MR) is 217 cm³/mol. The topological polar surface area (TPSA) is 131 Å². The van der Waals surface area contributed by atoms with Crippen molar-refractivity contribution in [3.8, 4) is 0 Å². The molecule has 0 fully saturated rings. The fourth-order valence-corrected chi connectivity index (χ4v) is 7.30. The second-order valence-corrected chi connectivity index (χ2v) is 16.4. The first-order valence-electron chi connectivity index (χ1n) is 21.8. The van der Waals surface area contributed by atoms with Crippen LogP contribution in [0.3, 0.4) is 0 Å². The number of phosphoric ester groups is 1. The van der Waals surface area contributed by atoms with Crippen LogP contribution < -0.4 is 11.1 Å². The third-order valence-corrected chi connectivity index (χ3v) is 10.9. The first-order valence-corrected chi connectivity index (χ1v) is 23.3. The smallest absolute Gasteiger partial charge is 0.391 e. The minimum atomic E-state index is -4.31. The minimum Gasteiger partial charge on any atom is -0.391 e. The predicted octanol–water partition coefficient (Wildman–Crippen LogP) is 12.0. The van der Waals surface area contributed by atoms with E-state index in [1.165, 1.54) is 154 Å². The summed E-state index contributed by atoms with van der Waals surface area (Å²) in [6.45, 7) is 4.21. The van der Waals surface area contributed by atoms with Crippen molar-refractivity contribution in [2.75, 3.05) is 19.8 Å². The maximum Gasteiger partial charge on any atom is 0.472 e. The Balaban J connectivity index is 4.15. The van der Waals surface area contributed by atoms with Crippen LogP contribution >= 0.6 is 7.82 Å². The van der Waals surface area contributed by atoms with Crippen LogP contribution in [0.2, 0.25) is 0 Å². The Morgan fingerprint density at radius 3 is 1.45 bits per heavy atom. The lowest BCUT2D eigenvalue weighted by atomic mass is 10.0. The maximum atomic E-state index is 12.8. The van der Waals surface area contributed by atoms with Crippen molar-refractivity contribution in [2.45, 2.75) is 231 Å². The number of allylic oxidation sites excluding steroid dienone is 2. The average molecular weight is 745 g/mol. The third-order valence-electron chi connectivity index (χ3n) is 9.87. The van der Waals surface area contributed by atoms with Gasteiger partial charge in [0.05, 0.1) is 25.4 Å². The van der Waals surface area contributed by atoms with E-state index in [0.29, 0.717) is 12.8 Å². The normalized spacial score (nSPS) is 14.2. The summed E-state index contributed by atoms with van der Waals surface area (Å²) in [6.07, 6.45) is 42.1. The fourth-order valence-electron chi connectivity index (χ4n) is 6.54. The summed E-state index contributed by atoms with van der Waals surface area (Å²) in [5.41, 5.74) is 5.38. The second kappa shape index (κ2) is 38.9. The zero-order valence-electron chi connectivity index (χ0n) is 33.6. The summed E-state index contributed by atoms with van der Waals surface area (Å²) in [5, 5.41) is 13.8. The molecule has 0 saturated carbocycles. The molecule has 0 aromatic heterocycles. The Morgan fingerprint density at radius 2 is 1.02 bits per heavy atom. The van der Waals surface area contributed by atoms with Crippen LogP contribution in [-0.4, -0.2) is 47.8 Å². The van der Waals surface area contributed by atoms with Gasteiger partial charge in [-0.25, -0.2) is 4.57 Å². The maximum absolute atomic E-state index is 12.8. The molecule has 3 atom stereocenters. The minimum absolute atomic E-state index is 0.0899. The molecule has 5 N–H and O–H groups in total. The molecule has 0 heterocycles. The van der Waals surface area contributed by atoms with Gasteiger partial charge in [0.2, 0.25) is 5.91 Å². The number of rotatable bonds is 41. The van der Waals surface area contributed by atoms with Crippen LogP contribution in [0.4, 0.5) is 0 Å². The molecule has 0 rings (SSSR count). The molecular formula is C42H85N2O6P. The van der Waals surface area contributed by atoms with Crippen molar-refractivity contribution in [3.63, 3.8) is 0 Å². The highest BCUT2D eigenvalue weighted by atomic mass is 31.2. The Kier molecular flexibility index (Phi) is 38.4. The first-order chi connectivity index (χ1) is 24.9. The third kappa shape index (κ3) is 37.4. The van der Waals surface area contributed by atoms with E-state index in [2.05, 4.69) is 31.3 Å². The molecule has 304 valence electrons. The van der Waals surface area contributed by atoms with Gasteiger partial charge in [-0.15, -0.1) is 0 Å². The number of unbranched alkanes of at least 4 members (excludes halogenated alkanes) is 27. The first kappa shape index (κ1) is 50.2. The molecule has 0 bridgehead atoms. The summed E-state index contributed by atoms with van der Waals surface area (Å²) < 4.78 is 22.2. The zero-order valence-corrected chi connectivity index (χ0v) is 34.5. The molecule has 0 radical (unpaired) electrons. The molecule has 0 aliphatic heterocycles. The number of phosphoric acid groups is 1. The van der Waals surface area contributed by atoms with Crippen LogP contribution in [0.1, 0.15) is 219 Å². The van der Waals surface area contributed by atoms with Gasteiger partial charge < -0.3 is 21.1 Å². The average Bonchev–Trinajstić information content (AvgIpc) is 3.12. The molecule has 0 aliphatic carbocycles. The van der Waals surface area contributed by atoms with Gasteiger partial charge in [-0.1, -0.05) is 187 Å². The van der Waals surface area contributed by atoms with E-state index in [4.69, 9.17) is 14.8 Å². The molecule has 9 heteroatoms. The van der Waals surface area contributed by atoms with Crippen LogP contribution in [-0.2, 0) is 18.4 Å². The summed E-state index contributed by atoms with van der Waals surface area (Å²) in [4.78, 5) is 22.7. The van der Waals surface area contributed by atoms with Crippen LogP contribution in [0.5, 0.6) is 0 Å². The number of amides is 1. The van der Waals surface area contributed by atoms with Crippen molar-refractivity contribution >= 4 is 13.7 Å². The lowest BCUT2D eigenvalue weighted by Crippen LogP contribution is -2.46. The van der Waals surface area contributed by atoms with E-state index >= 15 is 0 Å². The van der Waals surface area contributed by atoms with Gasteiger partial charge in [0.1, 0.15) is 0 Å². The molecule has 0 spiro atoms. The molecule has 8 nitrogen and oxygen atoms in total. The molecule has 0 saturated heterocycles. The van der Waals surface area contributed by atoms with Gasteiger partial charge in [0.15, 0.2) is 0 Å². The van der Waals surface area contributed by atoms with Crippen molar-refractivity contribution in [1.29, 1.82) is 0 Å². The van der Waals surface area contributed by atoms with Crippen LogP contribution in [0.15, 0.2) is 12.2 Å². The van der Waals surface area contributed by atoms with Gasteiger partial charge in [-0.05, 0) is 38.5 Å². The number of aliphatic hydroxyl groups is 1. The number of nitrogens with two attached hydrogens (primary N) is 1. The number of hydrogen-bond donors (Lipinski definition) is 4. The lowest BCUT2D eigenvalue weighted by molar-refractivity contribution is -0.123. The van der Waals surface area contributed by atoms with Gasteiger partial charge in [0, 0.05) is 13.0 Å². The van der Waals surface area contributed by atoms with E-state index < -0.39 is 20.0 Å². The SMILES string of the molecule is CCCCCCCC/C=C\CCCCCCCCCC(=O)NC(COP(=O)(O)OCCN)C(O)CCCCCCCCCCCCCCCCC. The van der Waals surface area contributed by atoms with Crippen LogP contribution in [0, 0.1) is 0 Å². The molecule has 3 unspecified atom stereocenters. The van der Waals surface area contributed by atoms with Gasteiger partial charge >= 0.3 is 7.82 Å². The molecule has 51 heavy (non-hydrogen) atoms.